The van der Waals surface area contributed by atoms with Gasteiger partial charge in [0.25, 0.3) is 0 Å². The third-order valence-electron chi connectivity index (χ3n) is 3.92. The topological polar surface area (TPSA) is 78.4 Å². The molecule has 2 aromatic rings. The van der Waals surface area contributed by atoms with Crippen LogP contribution in [0.2, 0.25) is 0 Å². The highest BCUT2D eigenvalue weighted by atomic mass is 19.4. The van der Waals surface area contributed by atoms with E-state index in [0.29, 0.717) is 12.1 Å². The molecule has 172 valence electrons. The zero-order chi connectivity index (χ0) is 24.2. The molecule has 0 aromatic heterocycles. The molecule has 3 N–H and O–H groups in total. The van der Waals surface area contributed by atoms with Crippen molar-refractivity contribution in [3.05, 3.63) is 70.6 Å². The molecule has 1 unspecified atom stereocenters. The largest absolute Gasteiger partial charge is 0.416 e. The van der Waals surface area contributed by atoms with E-state index >= 15 is 0 Å². The predicted octanol–water partition coefficient (Wildman–Crippen LogP) is 3.53. The highest BCUT2D eigenvalue weighted by molar-refractivity contribution is 6.00. The summed E-state index contributed by atoms with van der Waals surface area (Å²) in [6.07, 6.45) is -4.11. The van der Waals surface area contributed by atoms with E-state index in [-0.39, 0.29) is 11.8 Å². The Morgan fingerprint density at radius 2 is 1.53 bits per heavy atom. The minimum atomic E-state index is -4.69. The molecule has 2 rings (SSSR count). The molecule has 5 nitrogen and oxygen atoms in total. The molecule has 0 aliphatic heterocycles. The predicted molar refractivity (Wildman–Crippen MR) is 94.4 cm³/mol. The van der Waals surface area contributed by atoms with Crippen LogP contribution in [0.25, 0.3) is 6.08 Å². The van der Waals surface area contributed by atoms with Gasteiger partial charge in [-0.1, -0.05) is 6.07 Å². The highest BCUT2D eigenvalue weighted by Gasteiger charge is 2.31. The van der Waals surface area contributed by atoms with Gasteiger partial charge in [-0.15, -0.1) is 0 Å². The fraction of sp³-hybridized carbons (Fsp3) is 0.158. The first-order chi connectivity index (χ1) is 14.9. The van der Waals surface area contributed by atoms with Crippen molar-refractivity contribution in [1.29, 1.82) is 0 Å². The molecular weight excluding hydrogens is 456 g/mol. The number of carbonyl (C=O) groups excluding carboxylic acids is 2. The van der Waals surface area contributed by atoms with Crippen molar-refractivity contribution in [2.75, 3.05) is 11.9 Å². The van der Waals surface area contributed by atoms with Gasteiger partial charge < -0.3 is 15.7 Å². The molecule has 0 aliphatic rings. The number of alkyl halides is 3. The third kappa shape index (κ3) is 5.60. The molecule has 0 bridgehead atoms. The third-order valence-corrected chi connectivity index (χ3v) is 3.92. The molecule has 2 amide bonds. The SMILES string of the molecule is O=C(C=Cc1c(F)c(F)c(F)c(F)c1F)NC(CO)C(=O)Nc1cccc(C(F)(F)F)c1. The van der Waals surface area contributed by atoms with Crippen molar-refractivity contribution >= 4 is 23.6 Å². The van der Waals surface area contributed by atoms with Gasteiger partial charge in [0, 0.05) is 11.8 Å². The van der Waals surface area contributed by atoms with Crippen LogP contribution in [0.3, 0.4) is 0 Å². The lowest BCUT2D eigenvalue weighted by Crippen LogP contribution is -2.45. The fourth-order valence-electron chi connectivity index (χ4n) is 2.34. The molecule has 0 fully saturated rings. The first-order valence-corrected chi connectivity index (χ1v) is 8.45. The normalized spacial score (nSPS) is 12.7. The number of aliphatic hydroxyl groups excluding tert-OH is 1. The van der Waals surface area contributed by atoms with Crippen molar-refractivity contribution in [3.8, 4) is 0 Å². The van der Waals surface area contributed by atoms with Crippen LogP contribution in [0.15, 0.2) is 30.3 Å². The van der Waals surface area contributed by atoms with E-state index in [1.54, 1.807) is 0 Å². The minimum Gasteiger partial charge on any atom is -0.394 e. The summed E-state index contributed by atoms with van der Waals surface area (Å²) in [5.41, 5.74) is -2.81. The first kappa shape index (κ1) is 24.8. The Hall–Kier alpha value is -3.48. The Morgan fingerprint density at radius 1 is 0.969 bits per heavy atom. The van der Waals surface area contributed by atoms with Gasteiger partial charge in [0.05, 0.1) is 17.7 Å². The molecule has 13 heteroatoms. The summed E-state index contributed by atoms with van der Waals surface area (Å²) in [4.78, 5) is 23.9. The summed E-state index contributed by atoms with van der Waals surface area (Å²) in [6.45, 7) is -1.03. The Balaban J connectivity index is 2.13. The first-order valence-electron chi connectivity index (χ1n) is 8.45. The molecule has 2 aromatic carbocycles. The van der Waals surface area contributed by atoms with Gasteiger partial charge in [0.15, 0.2) is 23.3 Å². The lowest BCUT2D eigenvalue weighted by atomic mass is 10.1. The Kier molecular flexibility index (Phi) is 7.56. The smallest absolute Gasteiger partial charge is 0.394 e. The van der Waals surface area contributed by atoms with Gasteiger partial charge in [-0.25, -0.2) is 22.0 Å². The molecule has 0 aliphatic carbocycles. The van der Waals surface area contributed by atoms with E-state index in [0.717, 1.165) is 18.2 Å². The zero-order valence-corrected chi connectivity index (χ0v) is 15.5. The Labute approximate surface area is 174 Å². The summed E-state index contributed by atoms with van der Waals surface area (Å²) in [5.74, 6) is -13.7. The summed E-state index contributed by atoms with van der Waals surface area (Å²) in [7, 11) is 0. The molecule has 1 atom stereocenters. The van der Waals surface area contributed by atoms with E-state index in [4.69, 9.17) is 0 Å². The molecule has 0 saturated heterocycles. The maximum Gasteiger partial charge on any atom is 0.416 e. The van der Waals surface area contributed by atoms with E-state index in [9.17, 15) is 49.8 Å². The maximum atomic E-state index is 13.6. The number of halogens is 8. The number of hydrogen-bond donors (Lipinski definition) is 3. The van der Waals surface area contributed by atoms with Gasteiger partial charge in [0.1, 0.15) is 6.04 Å². The van der Waals surface area contributed by atoms with Crippen molar-refractivity contribution in [1.82, 2.24) is 5.32 Å². The van der Waals surface area contributed by atoms with Crippen LogP contribution in [0.5, 0.6) is 0 Å². The number of aliphatic hydroxyl groups is 1. The second-order valence-corrected chi connectivity index (χ2v) is 6.13. The summed E-state index contributed by atoms with van der Waals surface area (Å²) in [5, 5.41) is 13.1. The Bertz CT molecular complexity index is 1040. The van der Waals surface area contributed by atoms with E-state index in [1.807, 2.05) is 10.6 Å². The number of rotatable bonds is 6. The fourth-order valence-corrected chi connectivity index (χ4v) is 2.34. The monoisotopic (exact) mass is 468 g/mol. The van der Waals surface area contributed by atoms with Crippen LogP contribution < -0.4 is 10.6 Å². The molecule has 0 radical (unpaired) electrons. The lowest BCUT2D eigenvalue weighted by Gasteiger charge is -2.16. The number of nitrogens with one attached hydrogen (secondary N) is 2. The van der Waals surface area contributed by atoms with Crippen LogP contribution in [-0.2, 0) is 15.8 Å². The summed E-state index contributed by atoms with van der Waals surface area (Å²) in [6, 6.07) is 1.71. The van der Waals surface area contributed by atoms with E-state index < -0.39 is 70.9 Å². The number of hydrogen-bond acceptors (Lipinski definition) is 3. The highest BCUT2D eigenvalue weighted by Crippen LogP contribution is 2.30. The Morgan fingerprint density at radius 3 is 2.06 bits per heavy atom. The molecule has 0 heterocycles. The summed E-state index contributed by atoms with van der Waals surface area (Å²) < 4.78 is 105. The minimum absolute atomic E-state index is 0.255. The number of carbonyl (C=O) groups is 2. The van der Waals surface area contributed by atoms with Crippen LogP contribution >= 0.6 is 0 Å². The van der Waals surface area contributed by atoms with Crippen LogP contribution in [0.1, 0.15) is 11.1 Å². The molecule has 0 saturated carbocycles. The second kappa shape index (κ2) is 9.77. The molecular formula is C19H12F8N2O3. The standard InChI is InChI=1S/C19H12F8N2O3/c20-13-10(14(21)16(23)17(24)15(13)22)4-5-12(31)29-11(7-30)18(32)28-9-3-1-2-8(6-9)19(25,26)27/h1-6,11,30H,7H2,(H,28,32)(H,29,31). The van der Waals surface area contributed by atoms with Gasteiger partial charge >= 0.3 is 6.18 Å². The van der Waals surface area contributed by atoms with Gasteiger partial charge in [0.2, 0.25) is 17.6 Å². The molecule has 0 spiro atoms. The molecule has 32 heavy (non-hydrogen) atoms. The van der Waals surface area contributed by atoms with Crippen molar-refractivity contribution in [3.63, 3.8) is 0 Å². The van der Waals surface area contributed by atoms with Gasteiger partial charge in [-0.2, -0.15) is 13.2 Å². The van der Waals surface area contributed by atoms with Crippen molar-refractivity contribution in [2.24, 2.45) is 0 Å². The van der Waals surface area contributed by atoms with Gasteiger partial charge in [-0.3, -0.25) is 9.59 Å². The van der Waals surface area contributed by atoms with Crippen molar-refractivity contribution in [2.45, 2.75) is 12.2 Å². The average Bonchev–Trinajstić information content (AvgIpc) is 2.74. The van der Waals surface area contributed by atoms with Crippen LogP contribution in [0.4, 0.5) is 40.8 Å². The maximum absolute atomic E-state index is 13.6. The van der Waals surface area contributed by atoms with Crippen molar-refractivity contribution < 1.29 is 49.8 Å². The van der Waals surface area contributed by atoms with E-state index in [2.05, 4.69) is 0 Å². The number of benzene rings is 2. The zero-order valence-electron chi connectivity index (χ0n) is 15.5. The number of amides is 2. The lowest BCUT2D eigenvalue weighted by molar-refractivity contribution is -0.137. The van der Waals surface area contributed by atoms with E-state index in [1.165, 1.54) is 0 Å². The number of anilines is 1. The van der Waals surface area contributed by atoms with Gasteiger partial charge in [-0.05, 0) is 24.3 Å². The quantitative estimate of drug-likeness (QED) is 0.263. The van der Waals surface area contributed by atoms with Crippen LogP contribution in [-0.4, -0.2) is 29.6 Å². The average molecular weight is 468 g/mol. The summed E-state index contributed by atoms with van der Waals surface area (Å²) >= 11 is 0. The van der Waals surface area contributed by atoms with Crippen LogP contribution in [0, 0.1) is 29.1 Å². The second-order valence-electron chi connectivity index (χ2n) is 6.13.